The molecule has 174 valence electrons. The molecule has 1 aliphatic carbocycles. The highest BCUT2D eigenvalue weighted by atomic mass is 32.2. The number of aliphatic carboxylic acids is 1. The van der Waals surface area contributed by atoms with E-state index in [4.69, 9.17) is 4.74 Å². The van der Waals surface area contributed by atoms with Crippen LogP contribution < -0.4 is 5.32 Å². The molecule has 1 aliphatic rings. The second-order valence-electron chi connectivity index (χ2n) is 8.03. The normalized spacial score (nSPS) is 14.4. The van der Waals surface area contributed by atoms with Crippen LogP contribution in [0.5, 0.6) is 0 Å². The van der Waals surface area contributed by atoms with Crippen LogP contribution in [0.1, 0.15) is 51.8 Å². The molecular formula is C25H17N3O4S3. The van der Waals surface area contributed by atoms with Gasteiger partial charge in [0.05, 0.1) is 8.89 Å². The Labute approximate surface area is 212 Å². The van der Waals surface area contributed by atoms with Crippen molar-refractivity contribution < 1.29 is 19.4 Å². The van der Waals surface area contributed by atoms with Crippen LogP contribution >= 0.6 is 34.2 Å². The number of nitrogens with zero attached hydrogens (tertiary/aromatic N) is 2. The maximum absolute atomic E-state index is 12.5. The number of amides is 1. The van der Waals surface area contributed by atoms with Gasteiger partial charge in [-0.25, -0.2) is 4.79 Å². The number of ether oxygens (including phenoxy) is 1. The molecule has 4 aromatic rings. The van der Waals surface area contributed by atoms with Gasteiger partial charge in [-0.3, -0.25) is 10.1 Å². The van der Waals surface area contributed by atoms with Gasteiger partial charge in [0.1, 0.15) is 28.2 Å². The van der Waals surface area contributed by atoms with Gasteiger partial charge < -0.3 is 9.84 Å². The van der Waals surface area contributed by atoms with Crippen molar-refractivity contribution in [1.29, 1.82) is 5.26 Å². The van der Waals surface area contributed by atoms with Gasteiger partial charge in [0.15, 0.2) is 5.69 Å². The highest BCUT2D eigenvalue weighted by molar-refractivity contribution is 7.38. The van der Waals surface area contributed by atoms with Crippen LogP contribution in [0.25, 0.3) is 9.40 Å². The lowest BCUT2D eigenvalue weighted by molar-refractivity contribution is -0.139. The number of nitriles is 1. The van der Waals surface area contributed by atoms with E-state index >= 15 is 0 Å². The molecule has 3 aromatic heterocycles. The summed E-state index contributed by atoms with van der Waals surface area (Å²) in [6.45, 7) is 1.77. The van der Waals surface area contributed by atoms with E-state index in [-0.39, 0.29) is 11.4 Å². The minimum absolute atomic E-state index is 0.0730. The molecule has 0 aliphatic heterocycles. The third-order valence-corrected chi connectivity index (χ3v) is 9.00. The van der Waals surface area contributed by atoms with Gasteiger partial charge >= 0.3 is 12.1 Å². The van der Waals surface area contributed by atoms with E-state index < -0.39 is 23.6 Å². The Bertz CT molecular complexity index is 1510. The van der Waals surface area contributed by atoms with Crippen LogP contribution in [0.4, 0.5) is 10.5 Å². The Morgan fingerprint density at radius 2 is 1.97 bits per heavy atom. The summed E-state index contributed by atoms with van der Waals surface area (Å²) in [7, 11) is 0. The smallest absolute Gasteiger partial charge is 0.412 e. The molecule has 0 spiro atoms. The minimum Gasteiger partial charge on any atom is -0.481 e. The van der Waals surface area contributed by atoms with E-state index in [0.717, 1.165) is 36.3 Å². The number of benzene rings is 1. The van der Waals surface area contributed by atoms with Gasteiger partial charge in [0.2, 0.25) is 0 Å². The molecule has 1 saturated carbocycles. The van der Waals surface area contributed by atoms with E-state index in [9.17, 15) is 20.0 Å². The first-order valence-electron chi connectivity index (χ1n) is 10.6. The average molecular weight is 520 g/mol. The molecule has 10 heteroatoms. The van der Waals surface area contributed by atoms with Gasteiger partial charge in [-0.1, -0.05) is 30.3 Å². The standard InChI is InChI=1S/C25H17N3O4S3/c1-14(15-5-3-2-4-6-15)32-24(31)27-21-18(13-26)28-35-19(21)8-7-17-11-16-12-20(34-22(16)33-17)25(9-10-25)23(29)30/h2-6,11-12,14H,9-10H2,1H3,(H,27,31)(H,29,30). The molecular weight excluding hydrogens is 502 g/mol. The van der Waals surface area contributed by atoms with Crippen molar-refractivity contribution in [3.05, 3.63) is 68.4 Å². The molecule has 1 amide bonds. The van der Waals surface area contributed by atoms with Crippen molar-refractivity contribution in [3.63, 3.8) is 0 Å². The monoisotopic (exact) mass is 519 g/mol. The number of aromatic nitrogens is 1. The molecule has 0 radical (unpaired) electrons. The molecule has 1 fully saturated rings. The third kappa shape index (κ3) is 4.52. The number of rotatable bonds is 5. The summed E-state index contributed by atoms with van der Waals surface area (Å²) in [6, 6.07) is 15.2. The second kappa shape index (κ2) is 9.16. The molecule has 35 heavy (non-hydrogen) atoms. The maximum Gasteiger partial charge on any atom is 0.412 e. The number of thiophene rings is 2. The number of carboxylic acid groups (broad SMARTS) is 1. The first-order valence-corrected chi connectivity index (χ1v) is 13.0. The Hall–Kier alpha value is -3.70. The fraction of sp³-hybridized carbons (Fsp3) is 0.200. The Morgan fingerprint density at radius 1 is 1.20 bits per heavy atom. The summed E-state index contributed by atoms with van der Waals surface area (Å²) in [4.78, 5) is 26.2. The number of nitrogens with one attached hydrogen (secondary N) is 1. The zero-order valence-electron chi connectivity index (χ0n) is 18.3. The number of hydrogen-bond acceptors (Lipinski definition) is 8. The molecule has 2 N–H and O–H groups in total. The zero-order valence-corrected chi connectivity index (χ0v) is 20.8. The highest BCUT2D eigenvalue weighted by Gasteiger charge is 2.53. The minimum atomic E-state index is -0.762. The van der Waals surface area contributed by atoms with E-state index in [1.165, 1.54) is 22.7 Å². The quantitative estimate of drug-likeness (QED) is 0.307. The van der Waals surface area contributed by atoms with Crippen LogP contribution in [0, 0.1) is 23.2 Å². The Kier molecular flexibility index (Phi) is 6.03. The molecule has 0 bridgehead atoms. The largest absolute Gasteiger partial charge is 0.481 e. The number of fused-ring (bicyclic) bond motifs is 1. The lowest BCUT2D eigenvalue weighted by Crippen LogP contribution is -2.17. The van der Waals surface area contributed by atoms with Crippen molar-refractivity contribution >= 4 is 61.4 Å². The van der Waals surface area contributed by atoms with Crippen molar-refractivity contribution in [2.75, 3.05) is 5.32 Å². The van der Waals surface area contributed by atoms with Gasteiger partial charge in [-0.15, -0.1) is 22.7 Å². The molecule has 5 rings (SSSR count). The van der Waals surface area contributed by atoms with Gasteiger partial charge in [0, 0.05) is 10.3 Å². The predicted molar refractivity (Wildman–Crippen MR) is 136 cm³/mol. The summed E-state index contributed by atoms with van der Waals surface area (Å²) in [6.07, 6.45) is 0.190. The van der Waals surface area contributed by atoms with E-state index in [1.807, 2.05) is 48.5 Å². The lowest BCUT2D eigenvalue weighted by atomic mass is 10.1. The zero-order chi connectivity index (χ0) is 24.6. The topological polar surface area (TPSA) is 112 Å². The number of hydrogen-bond donors (Lipinski definition) is 2. The number of carboxylic acids is 1. The molecule has 7 nitrogen and oxygen atoms in total. The predicted octanol–water partition coefficient (Wildman–Crippen LogP) is 6.12. The molecule has 1 aromatic carbocycles. The lowest BCUT2D eigenvalue weighted by Gasteiger charge is -2.13. The van der Waals surface area contributed by atoms with Crippen molar-refractivity contribution in [3.8, 4) is 17.9 Å². The van der Waals surface area contributed by atoms with Gasteiger partial charge in [-0.2, -0.15) is 9.64 Å². The molecule has 0 saturated heterocycles. The highest BCUT2D eigenvalue weighted by Crippen LogP contribution is 2.52. The van der Waals surface area contributed by atoms with E-state index in [2.05, 4.69) is 21.5 Å². The van der Waals surface area contributed by atoms with E-state index in [1.54, 1.807) is 6.92 Å². The van der Waals surface area contributed by atoms with Crippen LogP contribution in [0.3, 0.4) is 0 Å². The number of carbonyl (C=O) groups is 2. The summed E-state index contributed by atoms with van der Waals surface area (Å²) in [5.74, 6) is 5.32. The summed E-state index contributed by atoms with van der Waals surface area (Å²) >= 11 is 4.02. The van der Waals surface area contributed by atoms with Crippen LogP contribution in [-0.4, -0.2) is 21.5 Å². The third-order valence-electron chi connectivity index (χ3n) is 5.72. The Balaban J connectivity index is 1.33. The van der Waals surface area contributed by atoms with Crippen LogP contribution in [0.2, 0.25) is 0 Å². The maximum atomic E-state index is 12.5. The fourth-order valence-electron chi connectivity index (χ4n) is 3.60. The number of carbonyl (C=O) groups excluding carboxylic acids is 1. The van der Waals surface area contributed by atoms with Crippen molar-refractivity contribution in [2.45, 2.75) is 31.3 Å². The van der Waals surface area contributed by atoms with Crippen molar-refractivity contribution in [1.82, 2.24) is 4.37 Å². The molecule has 1 atom stereocenters. The molecule has 3 heterocycles. The average Bonchev–Trinajstić information content (AvgIpc) is 3.24. The summed E-state index contributed by atoms with van der Waals surface area (Å²) in [5.41, 5.74) is 0.443. The second-order valence-corrected chi connectivity index (χ2v) is 11.2. The van der Waals surface area contributed by atoms with Gasteiger partial charge in [-0.05, 0) is 60.8 Å². The Morgan fingerprint density at radius 3 is 2.63 bits per heavy atom. The number of anilines is 1. The first-order chi connectivity index (χ1) is 16.9. The van der Waals surface area contributed by atoms with Gasteiger partial charge in [0.25, 0.3) is 0 Å². The van der Waals surface area contributed by atoms with Crippen LogP contribution in [0.15, 0.2) is 42.5 Å². The van der Waals surface area contributed by atoms with Crippen molar-refractivity contribution in [2.24, 2.45) is 0 Å². The van der Waals surface area contributed by atoms with Crippen LogP contribution in [-0.2, 0) is 14.9 Å². The fourth-order valence-corrected chi connectivity index (χ4v) is 6.78. The summed E-state index contributed by atoms with van der Waals surface area (Å²) in [5, 5.41) is 22.5. The first kappa shape index (κ1) is 23.1. The summed E-state index contributed by atoms with van der Waals surface area (Å²) < 4.78 is 10.6. The molecule has 1 unspecified atom stereocenters. The SMILES string of the molecule is CC(OC(=O)Nc1c(C#N)nsc1C#Cc1cc2cc(C3(C(=O)O)CC3)sc2s1)c1ccccc1. The van der Waals surface area contributed by atoms with E-state index in [0.29, 0.717) is 17.7 Å².